The van der Waals surface area contributed by atoms with Gasteiger partial charge in [-0.05, 0) is 62.8 Å². The van der Waals surface area contributed by atoms with E-state index in [-0.39, 0.29) is 44.2 Å². The van der Waals surface area contributed by atoms with Crippen LogP contribution in [0, 0.1) is 25.5 Å². The maximum atomic E-state index is 14.6. The van der Waals surface area contributed by atoms with E-state index in [1.807, 2.05) is 0 Å². The molecule has 0 saturated heterocycles. The van der Waals surface area contributed by atoms with Gasteiger partial charge in [-0.3, -0.25) is 0 Å². The summed E-state index contributed by atoms with van der Waals surface area (Å²) in [6.45, 7) is 8.82. The number of hydrogen-bond donors (Lipinski definition) is 2. The maximum absolute atomic E-state index is 14.6. The molecule has 272 valence electrons. The summed E-state index contributed by atoms with van der Waals surface area (Å²) in [5.74, 6) is -8.02. The fourth-order valence-electron chi connectivity index (χ4n) is 4.44. The van der Waals surface area contributed by atoms with E-state index >= 15 is 0 Å². The van der Waals surface area contributed by atoms with Crippen LogP contribution < -0.4 is 7.42 Å². The number of aromatic carboxylic acids is 2. The van der Waals surface area contributed by atoms with Gasteiger partial charge < -0.3 is 10.2 Å². The molecule has 2 aromatic carbocycles. The molecule has 48 heavy (non-hydrogen) atoms. The van der Waals surface area contributed by atoms with Gasteiger partial charge in [0.2, 0.25) is 40.1 Å². The first-order chi connectivity index (χ1) is 22.0. The van der Waals surface area contributed by atoms with E-state index in [4.69, 9.17) is 10.2 Å². The van der Waals surface area contributed by atoms with E-state index in [0.717, 1.165) is 12.1 Å². The first kappa shape index (κ1) is 42.7. The number of nitrogens with zero attached hydrogens (tertiary/aromatic N) is 2. The number of aryl methyl sites for hydroxylation is 2. The quantitative estimate of drug-likeness (QED) is 0.246. The lowest BCUT2D eigenvalue weighted by Crippen LogP contribution is -2.40. The molecule has 0 saturated carbocycles. The Bertz CT molecular complexity index is 1740. The molecule has 14 nitrogen and oxygen atoms in total. The van der Waals surface area contributed by atoms with Crippen LogP contribution in [0.3, 0.4) is 0 Å². The molecule has 0 aliphatic rings. The van der Waals surface area contributed by atoms with E-state index in [2.05, 4.69) is 0 Å². The predicted molar refractivity (Wildman–Crippen MR) is 177 cm³/mol. The summed E-state index contributed by atoms with van der Waals surface area (Å²) < 4.78 is 129. The van der Waals surface area contributed by atoms with Crippen LogP contribution in [0.5, 0.6) is 0 Å². The molecule has 0 heterocycles. The van der Waals surface area contributed by atoms with Crippen molar-refractivity contribution in [1.82, 2.24) is 0 Å². The second-order valence-corrected chi connectivity index (χ2v) is 18.7. The highest BCUT2D eigenvalue weighted by Crippen LogP contribution is 2.32. The standard InChI is InChI=1S/2C14H20FNO6S2/c2*1-4-8-23(19,20)16(24(21,22)9-5-2)11-7-6-10(3)12(13(11)15)14(17)18/h2*6-7H,4-5,8-9H2,1-3H3,(H,17,18). The molecule has 0 unspecified atom stereocenters. The van der Waals surface area contributed by atoms with Gasteiger partial charge in [0.15, 0.2) is 11.6 Å². The fourth-order valence-corrected chi connectivity index (χ4v) is 12.6. The summed E-state index contributed by atoms with van der Waals surface area (Å²) in [6.07, 6.45) is 0.499. The zero-order chi connectivity index (χ0) is 37.4. The minimum atomic E-state index is -4.37. The number of carboxylic acids is 2. The average molecular weight is 763 g/mol. The molecule has 0 fully saturated rings. The molecule has 2 N–H and O–H groups in total. The lowest BCUT2D eigenvalue weighted by atomic mass is 10.1. The Kier molecular flexibility index (Phi) is 15.0. The third kappa shape index (κ3) is 9.85. The molecule has 0 aromatic heterocycles. The van der Waals surface area contributed by atoms with Crippen LogP contribution in [0.15, 0.2) is 24.3 Å². The monoisotopic (exact) mass is 762 g/mol. The van der Waals surface area contributed by atoms with Crippen LogP contribution in [0.2, 0.25) is 0 Å². The van der Waals surface area contributed by atoms with E-state index < -0.39 is 109 Å². The minimum Gasteiger partial charge on any atom is -0.478 e. The van der Waals surface area contributed by atoms with Gasteiger partial charge in [0.1, 0.15) is 22.5 Å². The van der Waals surface area contributed by atoms with Crippen LogP contribution in [0.4, 0.5) is 20.2 Å². The highest BCUT2D eigenvalue weighted by molar-refractivity contribution is 8.10. The Labute approximate surface area is 280 Å². The number of sulfonamides is 4. The minimum absolute atomic E-state index is 0.0359. The van der Waals surface area contributed by atoms with Crippen molar-refractivity contribution in [3.05, 3.63) is 58.2 Å². The molecular formula is C28H40F2N2O12S4. The number of anilines is 2. The number of carboxylic acid groups (broad SMARTS) is 2. The SMILES string of the molecule is CCCS(=O)(=O)N(c1ccc(C)c(C(=O)O)c1F)S(=O)(=O)CCC.CCCS(=O)(=O)N(c1ccc(C)c(C(=O)O)c1F)S(=O)(=O)CCC. The second kappa shape index (κ2) is 16.8. The van der Waals surface area contributed by atoms with Crippen molar-refractivity contribution in [2.45, 2.75) is 67.2 Å². The van der Waals surface area contributed by atoms with Gasteiger partial charge in [-0.2, -0.15) is 7.42 Å². The molecule has 20 heteroatoms. The Morgan fingerprint density at radius 2 is 0.771 bits per heavy atom. The molecule has 0 aliphatic heterocycles. The Morgan fingerprint density at radius 3 is 0.958 bits per heavy atom. The Morgan fingerprint density at radius 1 is 0.542 bits per heavy atom. The van der Waals surface area contributed by atoms with Crippen LogP contribution in [0.1, 0.15) is 85.2 Å². The van der Waals surface area contributed by atoms with E-state index in [1.165, 1.54) is 53.7 Å². The summed E-state index contributed by atoms with van der Waals surface area (Å²) in [4.78, 5) is 22.4. The zero-order valence-corrected chi connectivity index (χ0v) is 30.5. The number of hydrogen-bond acceptors (Lipinski definition) is 10. The van der Waals surface area contributed by atoms with Gasteiger partial charge >= 0.3 is 11.9 Å². The van der Waals surface area contributed by atoms with Gasteiger partial charge in [-0.25, -0.2) is 52.0 Å². The van der Waals surface area contributed by atoms with Crippen LogP contribution >= 0.6 is 0 Å². The van der Waals surface area contributed by atoms with E-state index in [1.54, 1.807) is 0 Å². The van der Waals surface area contributed by atoms with Crippen molar-refractivity contribution in [1.29, 1.82) is 0 Å². The maximum Gasteiger partial charge on any atom is 0.339 e. The van der Waals surface area contributed by atoms with Crippen molar-refractivity contribution in [3.8, 4) is 0 Å². The average Bonchev–Trinajstić information content (AvgIpc) is 2.91. The first-order valence-corrected chi connectivity index (χ1v) is 21.0. The molecule has 0 radical (unpaired) electrons. The third-order valence-electron chi connectivity index (χ3n) is 6.34. The van der Waals surface area contributed by atoms with Gasteiger partial charge in [-0.15, -0.1) is 0 Å². The van der Waals surface area contributed by atoms with Crippen molar-refractivity contribution < 1.29 is 62.3 Å². The molecule has 0 spiro atoms. The number of carbonyl (C=O) groups is 2. The molecule has 2 aromatic rings. The lowest BCUT2D eigenvalue weighted by Gasteiger charge is -2.24. The lowest BCUT2D eigenvalue weighted by molar-refractivity contribution is 0.0680. The number of benzene rings is 2. The molecular weight excluding hydrogens is 723 g/mol. The van der Waals surface area contributed by atoms with E-state index in [9.17, 15) is 52.0 Å². The van der Waals surface area contributed by atoms with E-state index in [0.29, 0.717) is 0 Å². The fraction of sp³-hybridized carbons (Fsp3) is 0.500. The van der Waals surface area contributed by atoms with Gasteiger partial charge in [0.25, 0.3) is 0 Å². The van der Waals surface area contributed by atoms with Crippen molar-refractivity contribution in [2.75, 3.05) is 30.4 Å². The normalized spacial score (nSPS) is 12.2. The molecule has 0 bridgehead atoms. The molecule has 2 rings (SSSR count). The van der Waals surface area contributed by atoms with Crippen LogP contribution in [0.25, 0.3) is 0 Å². The Hall–Kier alpha value is -3.36. The largest absolute Gasteiger partial charge is 0.478 e. The third-order valence-corrected chi connectivity index (χ3v) is 15.6. The number of halogens is 2. The highest BCUT2D eigenvalue weighted by atomic mass is 32.3. The topological polar surface area (TPSA) is 218 Å². The van der Waals surface area contributed by atoms with Crippen LogP contribution in [-0.4, -0.2) is 78.8 Å². The summed E-state index contributed by atoms with van der Waals surface area (Å²) in [7, 11) is -17.5. The summed E-state index contributed by atoms with van der Waals surface area (Å²) in [6, 6.07) is 4.30. The molecule has 0 amide bonds. The van der Waals surface area contributed by atoms with Crippen molar-refractivity contribution >= 4 is 63.4 Å². The summed E-state index contributed by atoms with van der Waals surface area (Å²) in [5, 5.41) is 18.2. The summed E-state index contributed by atoms with van der Waals surface area (Å²) >= 11 is 0. The van der Waals surface area contributed by atoms with Gasteiger partial charge in [0.05, 0.1) is 23.0 Å². The zero-order valence-electron chi connectivity index (χ0n) is 27.2. The van der Waals surface area contributed by atoms with Gasteiger partial charge in [0, 0.05) is 0 Å². The van der Waals surface area contributed by atoms with Crippen LogP contribution in [-0.2, 0) is 40.1 Å². The molecule has 0 atom stereocenters. The van der Waals surface area contributed by atoms with Crippen molar-refractivity contribution in [2.24, 2.45) is 0 Å². The first-order valence-electron chi connectivity index (χ1n) is 14.5. The predicted octanol–water partition coefficient (Wildman–Crippen LogP) is 4.24. The second-order valence-electron chi connectivity index (χ2n) is 10.4. The number of rotatable bonds is 16. The Balaban J connectivity index is 0.000000480. The smallest absolute Gasteiger partial charge is 0.339 e. The summed E-state index contributed by atoms with van der Waals surface area (Å²) in [5.41, 5.74) is -2.97. The van der Waals surface area contributed by atoms with Crippen molar-refractivity contribution in [3.63, 3.8) is 0 Å². The molecule has 0 aliphatic carbocycles. The van der Waals surface area contributed by atoms with Gasteiger partial charge in [-0.1, -0.05) is 39.8 Å². The highest BCUT2D eigenvalue weighted by Gasteiger charge is 2.38.